The van der Waals surface area contributed by atoms with E-state index < -0.39 is 18.2 Å². The zero-order valence-corrected chi connectivity index (χ0v) is 22.5. The molecular formula is C29H36F3N3O5. The molecule has 2 aromatic carbocycles. The number of carboxylic acid groups (broad SMARTS) is 1. The van der Waals surface area contributed by atoms with Crippen LogP contribution in [0.15, 0.2) is 66.7 Å². The van der Waals surface area contributed by atoms with Gasteiger partial charge in [0, 0.05) is 11.8 Å². The molecule has 5 N–H and O–H groups in total. The predicted octanol–water partition coefficient (Wildman–Crippen LogP) is 4.70. The first-order valence-corrected chi connectivity index (χ1v) is 12.9. The summed E-state index contributed by atoms with van der Waals surface area (Å²) in [5.74, 6) is -2.12. The Balaban J connectivity index is 0.000000708. The summed E-state index contributed by atoms with van der Waals surface area (Å²) in [5.41, 5.74) is 8.13. The van der Waals surface area contributed by atoms with Crippen LogP contribution in [0.2, 0.25) is 0 Å². The molecule has 0 spiro atoms. The summed E-state index contributed by atoms with van der Waals surface area (Å²) < 4.78 is 36.9. The Morgan fingerprint density at radius 2 is 1.65 bits per heavy atom. The number of nitrogens with one attached hydrogen (secondary N) is 2. The van der Waals surface area contributed by atoms with Crippen molar-refractivity contribution in [3.63, 3.8) is 0 Å². The third kappa shape index (κ3) is 11.1. The van der Waals surface area contributed by atoms with Gasteiger partial charge in [-0.15, -0.1) is 0 Å². The normalized spacial score (nSPS) is 15.8. The van der Waals surface area contributed by atoms with E-state index in [0.717, 1.165) is 37.9 Å². The third-order valence-electron chi connectivity index (χ3n) is 6.59. The van der Waals surface area contributed by atoms with Crippen molar-refractivity contribution in [3.05, 3.63) is 72.3 Å². The van der Waals surface area contributed by atoms with E-state index in [9.17, 15) is 22.8 Å². The lowest BCUT2D eigenvalue weighted by Crippen LogP contribution is -2.50. The number of aliphatic carboxylic acids is 1. The minimum absolute atomic E-state index is 0.0807. The number of methoxy groups -OCH3 is 1. The SMILES string of the molecule is COc1ccc(NC(=O)/C=C/[C@@H](NC(=O)C(N)C2CCCC2)C(C)Cc2ccccc2)cc1.O=C(O)C(F)(F)F. The number of carboxylic acids is 1. The smallest absolute Gasteiger partial charge is 0.490 e. The molecule has 3 rings (SSSR count). The van der Waals surface area contributed by atoms with Crippen LogP contribution >= 0.6 is 0 Å². The zero-order valence-electron chi connectivity index (χ0n) is 22.5. The summed E-state index contributed by atoms with van der Waals surface area (Å²) in [4.78, 5) is 34.3. The first-order valence-electron chi connectivity index (χ1n) is 12.9. The molecule has 11 heteroatoms. The number of anilines is 1. The lowest BCUT2D eigenvalue weighted by atomic mass is 9.92. The molecule has 0 aliphatic heterocycles. The molecule has 2 aromatic rings. The standard InChI is InChI=1S/C27H35N3O3.C2HF3O2/c1-19(18-20-8-4-3-5-9-20)24(30-27(32)26(28)21-10-6-7-11-21)16-17-25(31)29-22-12-14-23(33-2)15-13-22;3-2(4,5)1(6)7/h3-5,8-9,12-17,19,21,24,26H,6-7,10-11,18,28H2,1-2H3,(H,29,31)(H,30,32);(H,6,7)/b17-16+;/t19?,24-,26?;/m1./s1. The Hall–Kier alpha value is -3.86. The highest BCUT2D eigenvalue weighted by molar-refractivity contribution is 5.99. The fraction of sp³-hybridized carbons (Fsp3) is 0.414. The highest BCUT2D eigenvalue weighted by Gasteiger charge is 2.38. The lowest BCUT2D eigenvalue weighted by Gasteiger charge is -2.26. The van der Waals surface area contributed by atoms with E-state index in [0.29, 0.717) is 5.69 Å². The maximum Gasteiger partial charge on any atom is 0.490 e. The predicted molar refractivity (Wildman–Crippen MR) is 146 cm³/mol. The molecule has 1 aliphatic carbocycles. The average molecular weight is 564 g/mol. The van der Waals surface area contributed by atoms with Crippen LogP contribution in [0.4, 0.5) is 18.9 Å². The molecule has 0 bridgehead atoms. The van der Waals surface area contributed by atoms with E-state index in [-0.39, 0.29) is 29.7 Å². The second-order valence-electron chi connectivity index (χ2n) is 9.65. The van der Waals surface area contributed by atoms with Gasteiger partial charge in [-0.05, 0) is 60.9 Å². The van der Waals surface area contributed by atoms with Gasteiger partial charge < -0.3 is 26.2 Å². The van der Waals surface area contributed by atoms with Crippen molar-refractivity contribution in [2.45, 2.75) is 57.3 Å². The summed E-state index contributed by atoms with van der Waals surface area (Å²) in [6.07, 6.45) is 3.20. The molecule has 2 amide bonds. The maximum absolute atomic E-state index is 12.9. The van der Waals surface area contributed by atoms with Gasteiger partial charge in [0.15, 0.2) is 0 Å². The molecule has 40 heavy (non-hydrogen) atoms. The summed E-state index contributed by atoms with van der Waals surface area (Å²) >= 11 is 0. The van der Waals surface area contributed by atoms with Crippen LogP contribution in [-0.4, -0.2) is 48.3 Å². The first kappa shape index (κ1) is 32.4. The second kappa shape index (κ2) is 15.7. The minimum atomic E-state index is -5.08. The summed E-state index contributed by atoms with van der Waals surface area (Å²) in [6, 6.07) is 16.4. The zero-order chi connectivity index (χ0) is 29.7. The Bertz CT molecular complexity index is 1120. The Morgan fingerprint density at radius 3 is 2.17 bits per heavy atom. The van der Waals surface area contributed by atoms with Crippen LogP contribution in [0, 0.1) is 11.8 Å². The van der Waals surface area contributed by atoms with Crippen molar-refractivity contribution in [1.82, 2.24) is 5.32 Å². The number of hydrogen-bond donors (Lipinski definition) is 4. The van der Waals surface area contributed by atoms with Crippen LogP contribution in [0.25, 0.3) is 0 Å². The largest absolute Gasteiger partial charge is 0.497 e. The molecule has 0 saturated heterocycles. The summed E-state index contributed by atoms with van der Waals surface area (Å²) in [7, 11) is 1.60. The van der Waals surface area contributed by atoms with E-state index in [2.05, 4.69) is 29.7 Å². The van der Waals surface area contributed by atoms with Gasteiger partial charge in [0.1, 0.15) is 5.75 Å². The molecule has 8 nitrogen and oxygen atoms in total. The lowest BCUT2D eigenvalue weighted by molar-refractivity contribution is -0.192. The number of alkyl halides is 3. The van der Waals surface area contributed by atoms with Gasteiger partial charge in [0.2, 0.25) is 11.8 Å². The monoisotopic (exact) mass is 563 g/mol. The maximum atomic E-state index is 12.9. The van der Waals surface area contributed by atoms with Crippen molar-refractivity contribution in [3.8, 4) is 5.75 Å². The Labute approximate surface area is 231 Å². The molecule has 0 heterocycles. The molecule has 218 valence electrons. The topological polar surface area (TPSA) is 131 Å². The van der Waals surface area contributed by atoms with Gasteiger partial charge >= 0.3 is 12.1 Å². The van der Waals surface area contributed by atoms with Crippen molar-refractivity contribution >= 4 is 23.5 Å². The number of hydrogen-bond acceptors (Lipinski definition) is 5. The number of benzene rings is 2. The van der Waals surface area contributed by atoms with Gasteiger partial charge in [0.25, 0.3) is 0 Å². The number of carbonyl (C=O) groups is 3. The molecule has 0 aromatic heterocycles. The summed E-state index contributed by atoms with van der Waals surface area (Å²) in [5, 5.41) is 13.1. The van der Waals surface area contributed by atoms with Gasteiger partial charge in [-0.25, -0.2) is 4.79 Å². The molecule has 0 radical (unpaired) electrons. The van der Waals surface area contributed by atoms with Gasteiger partial charge in [0.05, 0.1) is 19.2 Å². The van der Waals surface area contributed by atoms with Gasteiger partial charge in [-0.1, -0.05) is 56.2 Å². The van der Waals surface area contributed by atoms with Crippen molar-refractivity contribution < 1.29 is 37.4 Å². The third-order valence-corrected chi connectivity index (χ3v) is 6.59. The molecule has 2 unspecified atom stereocenters. The minimum Gasteiger partial charge on any atom is -0.497 e. The molecule has 3 atom stereocenters. The number of nitrogens with two attached hydrogens (primary N) is 1. The highest BCUT2D eigenvalue weighted by Crippen LogP contribution is 2.27. The number of amides is 2. The molecule has 1 aliphatic rings. The number of ether oxygens (including phenoxy) is 1. The van der Waals surface area contributed by atoms with Crippen molar-refractivity contribution in [2.24, 2.45) is 17.6 Å². The van der Waals surface area contributed by atoms with Gasteiger partial charge in [-0.2, -0.15) is 13.2 Å². The Morgan fingerprint density at radius 1 is 1.07 bits per heavy atom. The van der Waals surface area contributed by atoms with Crippen LogP contribution in [-0.2, 0) is 20.8 Å². The van der Waals surface area contributed by atoms with E-state index in [1.165, 1.54) is 11.6 Å². The first-order chi connectivity index (χ1) is 18.9. The van der Waals surface area contributed by atoms with Crippen molar-refractivity contribution in [1.29, 1.82) is 0 Å². The average Bonchev–Trinajstić information content (AvgIpc) is 3.46. The van der Waals surface area contributed by atoms with Crippen LogP contribution in [0.5, 0.6) is 5.75 Å². The number of carbonyl (C=O) groups excluding carboxylic acids is 2. The van der Waals surface area contributed by atoms with E-state index in [4.69, 9.17) is 20.4 Å². The fourth-order valence-electron chi connectivity index (χ4n) is 4.33. The quantitative estimate of drug-likeness (QED) is 0.310. The number of rotatable bonds is 10. The van der Waals surface area contributed by atoms with Crippen molar-refractivity contribution in [2.75, 3.05) is 12.4 Å². The van der Waals surface area contributed by atoms with E-state index in [1.54, 1.807) is 37.5 Å². The van der Waals surface area contributed by atoms with Crippen LogP contribution < -0.4 is 21.1 Å². The van der Waals surface area contributed by atoms with Gasteiger partial charge in [-0.3, -0.25) is 9.59 Å². The Kier molecular flexibility index (Phi) is 12.7. The highest BCUT2D eigenvalue weighted by atomic mass is 19.4. The molecule has 1 saturated carbocycles. The van der Waals surface area contributed by atoms with E-state index in [1.807, 2.05) is 18.2 Å². The van der Waals surface area contributed by atoms with Crippen LogP contribution in [0.3, 0.4) is 0 Å². The van der Waals surface area contributed by atoms with Crippen LogP contribution in [0.1, 0.15) is 38.2 Å². The second-order valence-corrected chi connectivity index (χ2v) is 9.65. The van der Waals surface area contributed by atoms with E-state index >= 15 is 0 Å². The summed E-state index contributed by atoms with van der Waals surface area (Å²) in [6.45, 7) is 2.07. The fourth-order valence-corrected chi connectivity index (χ4v) is 4.33. The molecule has 1 fully saturated rings. The molecular weight excluding hydrogens is 527 g/mol. The number of halogens is 3.